The molecule has 1 aromatic carbocycles. The minimum Gasteiger partial charge on any atom is -0.391 e. The molecule has 3 atom stereocenters. The van der Waals surface area contributed by atoms with Gasteiger partial charge in [-0.3, -0.25) is 9.59 Å². The first-order chi connectivity index (χ1) is 17.0. The predicted octanol–water partition coefficient (Wildman–Crippen LogP) is 1.01. The van der Waals surface area contributed by atoms with Crippen molar-refractivity contribution in [3.05, 3.63) is 35.4 Å². The normalized spacial score (nSPS) is 21.6. The molecule has 0 saturated carbocycles. The summed E-state index contributed by atoms with van der Waals surface area (Å²) < 4.78 is 0. The van der Waals surface area contributed by atoms with Crippen LogP contribution in [0.2, 0.25) is 0 Å². The lowest BCUT2D eigenvalue weighted by Crippen LogP contribution is -2.61. The third-order valence-corrected chi connectivity index (χ3v) is 6.94. The van der Waals surface area contributed by atoms with Crippen LogP contribution in [0.25, 0.3) is 0 Å². The molecule has 0 aromatic heterocycles. The number of urea groups is 1. The molecule has 4 amide bonds. The third kappa shape index (κ3) is 6.77. The van der Waals surface area contributed by atoms with Crippen molar-refractivity contribution in [1.82, 2.24) is 25.3 Å². The zero-order valence-corrected chi connectivity index (χ0v) is 21.8. The monoisotopic (exact) mass is 497 g/mol. The topological polar surface area (TPSA) is 105 Å². The number of aliphatic hydroxyl groups is 1. The first kappa shape index (κ1) is 27.5. The van der Waals surface area contributed by atoms with E-state index < -0.39 is 23.6 Å². The maximum absolute atomic E-state index is 13.7. The first-order valence-corrected chi connectivity index (χ1v) is 12.6. The molecule has 2 fully saturated rings. The molecular formula is C27H39N5O4. The quantitative estimate of drug-likeness (QED) is 0.509. The van der Waals surface area contributed by atoms with Crippen molar-refractivity contribution >= 4 is 17.8 Å². The first-order valence-electron chi connectivity index (χ1n) is 12.6. The summed E-state index contributed by atoms with van der Waals surface area (Å²) in [5.41, 5.74) is 1.04. The number of rotatable bonds is 6. The lowest BCUT2D eigenvalue weighted by Gasteiger charge is -2.38. The van der Waals surface area contributed by atoms with Gasteiger partial charge >= 0.3 is 6.03 Å². The fourth-order valence-electron chi connectivity index (χ4n) is 4.63. The smallest absolute Gasteiger partial charge is 0.318 e. The van der Waals surface area contributed by atoms with E-state index in [1.165, 1.54) is 4.90 Å². The number of β-amino-alcohol motifs (C(OH)–C–C–N with tert-alkyl or cyclic N) is 1. The van der Waals surface area contributed by atoms with Gasteiger partial charge in [0, 0.05) is 51.3 Å². The van der Waals surface area contributed by atoms with Crippen molar-refractivity contribution in [2.75, 3.05) is 39.3 Å². The third-order valence-electron chi connectivity index (χ3n) is 6.94. The Labute approximate surface area is 214 Å². The summed E-state index contributed by atoms with van der Waals surface area (Å²) in [7, 11) is 0. The molecule has 196 valence electrons. The average molecular weight is 498 g/mol. The summed E-state index contributed by atoms with van der Waals surface area (Å²) in [5.74, 6) is 1.85. The highest BCUT2D eigenvalue weighted by Gasteiger charge is 2.44. The number of benzene rings is 1. The van der Waals surface area contributed by atoms with Crippen LogP contribution >= 0.6 is 0 Å². The SMILES string of the molecule is C#Cc1ccc(CNC(=O)[C@@H]2C[C@@H](O)CN2C(=O)[C@@H](NC(=O)N2CCN(CC)CC2)C(C)(C)C)cc1. The number of piperazine rings is 1. The van der Waals surface area contributed by atoms with Gasteiger partial charge in [0.1, 0.15) is 12.1 Å². The molecule has 0 unspecified atom stereocenters. The minimum atomic E-state index is -0.842. The van der Waals surface area contributed by atoms with Crippen LogP contribution in [0.4, 0.5) is 4.79 Å². The van der Waals surface area contributed by atoms with E-state index in [4.69, 9.17) is 6.42 Å². The van der Waals surface area contributed by atoms with Crippen LogP contribution in [0.1, 0.15) is 45.2 Å². The van der Waals surface area contributed by atoms with Crippen LogP contribution in [-0.4, -0.2) is 95.1 Å². The van der Waals surface area contributed by atoms with Crippen LogP contribution < -0.4 is 10.6 Å². The van der Waals surface area contributed by atoms with Crippen molar-refractivity contribution in [3.63, 3.8) is 0 Å². The number of carbonyl (C=O) groups is 3. The van der Waals surface area contributed by atoms with Gasteiger partial charge in [0.15, 0.2) is 0 Å². The molecule has 0 radical (unpaired) electrons. The number of nitrogens with one attached hydrogen (secondary N) is 2. The van der Waals surface area contributed by atoms with Crippen molar-refractivity contribution in [1.29, 1.82) is 0 Å². The van der Waals surface area contributed by atoms with Gasteiger partial charge in [-0.15, -0.1) is 6.42 Å². The van der Waals surface area contributed by atoms with Crippen LogP contribution in [0.5, 0.6) is 0 Å². The van der Waals surface area contributed by atoms with Gasteiger partial charge in [-0.25, -0.2) is 4.79 Å². The summed E-state index contributed by atoms with van der Waals surface area (Å²) in [4.78, 5) is 45.2. The molecule has 3 N–H and O–H groups in total. The van der Waals surface area contributed by atoms with E-state index in [0.29, 0.717) is 13.1 Å². The highest BCUT2D eigenvalue weighted by molar-refractivity contribution is 5.93. The summed E-state index contributed by atoms with van der Waals surface area (Å²) in [6.45, 7) is 11.8. The fourth-order valence-corrected chi connectivity index (χ4v) is 4.63. The molecule has 0 spiro atoms. The number of likely N-dealkylation sites (tertiary alicyclic amines) is 1. The summed E-state index contributed by atoms with van der Waals surface area (Å²) in [6.07, 6.45) is 4.73. The molecule has 0 aliphatic carbocycles. The lowest BCUT2D eigenvalue weighted by molar-refractivity contribution is -0.142. The van der Waals surface area contributed by atoms with Crippen molar-refractivity contribution in [3.8, 4) is 12.3 Å². The zero-order chi connectivity index (χ0) is 26.5. The van der Waals surface area contributed by atoms with Crippen LogP contribution in [0, 0.1) is 17.8 Å². The van der Waals surface area contributed by atoms with Gasteiger partial charge in [0.25, 0.3) is 0 Å². The van der Waals surface area contributed by atoms with Crippen molar-refractivity contribution in [2.24, 2.45) is 5.41 Å². The Balaban J connectivity index is 1.67. The summed E-state index contributed by atoms with van der Waals surface area (Å²) >= 11 is 0. The van der Waals surface area contributed by atoms with Gasteiger partial charge in [-0.2, -0.15) is 0 Å². The summed E-state index contributed by atoms with van der Waals surface area (Å²) in [5, 5.41) is 16.1. The molecule has 2 saturated heterocycles. The number of hydrogen-bond donors (Lipinski definition) is 3. The van der Waals surface area contributed by atoms with Crippen molar-refractivity contribution in [2.45, 2.75) is 58.8 Å². The van der Waals surface area contributed by atoms with Crippen molar-refractivity contribution < 1.29 is 19.5 Å². The number of hydrogen-bond acceptors (Lipinski definition) is 5. The van der Waals surface area contributed by atoms with Gasteiger partial charge in [0.05, 0.1) is 6.10 Å². The Kier molecular flexibility index (Phi) is 8.98. The molecule has 2 aliphatic rings. The van der Waals surface area contributed by atoms with Gasteiger partial charge in [-0.1, -0.05) is 45.7 Å². The van der Waals surface area contributed by atoms with Crippen LogP contribution in [0.3, 0.4) is 0 Å². The highest BCUT2D eigenvalue weighted by Crippen LogP contribution is 2.26. The Morgan fingerprint density at radius 3 is 2.33 bits per heavy atom. The number of aliphatic hydroxyl groups excluding tert-OH is 1. The van der Waals surface area contributed by atoms with E-state index in [0.717, 1.165) is 30.8 Å². The van der Waals surface area contributed by atoms with Gasteiger partial charge in [-0.05, 0) is 29.7 Å². The van der Waals surface area contributed by atoms with Crippen LogP contribution in [-0.2, 0) is 16.1 Å². The second-order valence-electron chi connectivity index (χ2n) is 10.6. The van der Waals surface area contributed by atoms with E-state index >= 15 is 0 Å². The average Bonchev–Trinajstić information content (AvgIpc) is 3.26. The molecule has 2 heterocycles. The second kappa shape index (κ2) is 11.8. The van der Waals surface area contributed by atoms with Gasteiger partial charge < -0.3 is 30.4 Å². The highest BCUT2D eigenvalue weighted by atomic mass is 16.3. The molecule has 0 bridgehead atoms. The molecule has 1 aromatic rings. The molecule has 9 heteroatoms. The standard InChI is InChI=1S/C27H39N5O4/c1-6-19-8-10-20(11-9-19)17-28-24(34)22-16-21(33)18-32(22)25(35)23(27(3,4)5)29-26(36)31-14-12-30(7-2)13-15-31/h1,8-11,21-23,33H,7,12-18H2,2-5H3,(H,28,34)(H,29,36)/t21-,22+,23-/m1/s1. The van der Waals surface area contributed by atoms with E-state index in [-0.39, 0.29) is 37.4 Å². The molecule has 2 aliphatic heterocycles. The number of carbonyl (C=O) groups excluding carboxylic acids is 3. The van der Waals surface area contributed by atoms with E-state index in [9.17, 15) is 19.5 Å². The molecule has 9 nitrogen and oxygen atoms in total. The molecule has 36 heavy (non-hydrogen) atoms. The predicted molar refractivity (Wildman–Crippen MR) is 138 cm³/mol. The number of nitrogens with zero attached hydrogens (tertiary/aromatic N) is 3. The zero-order valence-electron chi connectivity index (χ0n) is 21.8. The number of terminal acetylenes is 1. The Hall–Kier alpha value is -3.09. The second-order valence-corrected chi connectivity index (χ2v) is 10.6. The Bertz CT molecular complexity index is 973. The lowest BCUT2D eigenvalue weighted by atomic mass is 9.85. The Morgan fingerprint density at radius 1 is 1.14 bits per heavy atom. The summed E-state index contributed by atoms with van der Waals surface area (Å²) in [6, 6.07) is 5.35. The molecular weight excluding hydrogens is 458 g/mol. The Morgan fingerprint density at radius 2 is 1.78 bits per heavy atom. The maximum atomic E-state index is 13.7. The van der Waals surface area contributed by atoms with Crippen LogP contribution in [0.15, 0.2) is 24.3 Å². The van der Waals surface area contributed by atoms with E-state index in [1.54, 1.807) is 17.0 Å². The van der Waals surface area contributed by atoms with E-state index in [1.807, 2.05) is 32.9 Å². The molecule has 3 rings (SSSR count). The van der Waals surface area contributed by atoms with E-state index in [2.05, 4.69) is 28.4 Å². The largest absolute Gasteiger partial charge is 0.391 e. The maximum Gasteiger partial charge on any atom is 0.318 e. The van der Waals surface area contributed by atoms with Gasteiger partial charge in [0.2, 0.25) is 11.8 Å². The number of likely N-dealkylation sites (N-methyl/N-ethyl adjacent to an activating group) is 1. The minimum absolute atomic E-state index is 0.0470. The number of amides is 4. The fraction of sp³-hybridized carbons (Fsp3) is 0.593.